The Morgan fingerprint density at radius 2 is 1.77 bits per heavy atom. The minimum atomic E-state index is -3.95. The van der Waals surface area contributed by atoms with Gasteiger partial charge in [-0.15, -0.1) is 0 Å². The molecule has 0 fully saturated rings. The highest BCUT2D eigenvalue weighted by Crippen LogP contribution is 2.17. The van der Waals surface area contributed by atoms with Crippen LogP contribution in [0.25, 0.3) is 0 Å². The summed E-state index contributed by atoms with van der Waals surface area (Å²) in [5.41, 5.74) is -0.0648. The van der Waals surface area contributed by atoms with Gasteiger partial charge in [-0.3, -0.25) is 9.59 Å². The number of carbonyl (C=O) groups is 2. The Balaban J connectivity index is 1.80. The average molecular weight is 441 g/mol. The number of benzene rings is 2. The van der Waals surface area contributed by atoms with Crippen LogP contribution in [-0.2, 0) is 25.9 Å². The zero-order valence-electron chi connectivity index (χ0n) is 16.5. The molecule has 0 radical (unpaired) electrons. The number of nitrogens with zero attached hydrogens (tertiary/aromatic N) is 2. The standard InChI is InChI=1S/C21H19N3O6S/c1-2-30-21(27)15-7-6-8-16(13-15)22-18(25)14-24-20(26)12-11-19(23-24)31(28,29)17-9-4-3-5-10-17/h3-13H,2,14H2,1H3,(H,22,25). The van der Waals surface area contributed by atoms with Gasteiger partial charge in [0.2, 0.25) is 15.7 Å². The maximum Gasteiger partial charge on any atom is 0.338 e. The van der Waals surface area contributed by atoms with Crippen LogP contribution in [0.15, 0.2) is 81.4 Å². The Bertz CT molecular complexity index is 1270. The Kier molecular flexibility index (Phi) is 6.61. The van der Waals surface area contributed by atoms with Gasteiger partial charge in [0, 0.05) is 11.8 Å². The number of esters is 1. The predicted molar refractivity (Wildman–Crippen MR) is 111 cm³/mol. The normalized spacial score (nSPS) is 11.0. The predicted octanol–water partition coefficient (Wildman–Crippen LogP) is 1.89. The van der Waals surface area contributed by atoms with E-state index in [1.54, 1.807) is 37.3 Å². The summed E-state index contributed by atoms with van der Waals surface area (Å²) >= 11 is 0. The SMILES string of the molecule is CCOC(=O)c1cccc(NC(=O)Cn2nc(S(=O)(=O)c3ccccc3)ccc2=O)c1. The summed E-state index contributed by atoms with van der Waals surface area (Å²) < 4.78 is 31.1. The molecule has 0 bridgehead atoms. The lowest BCUT2D eigenvalue weighted by molar-refractivity contribution is -0.117. The molecular formula is C21H19N3O6S. The maximum absolute atomic E-state index is 12.7. The zero-order chi connectivity index (χ0) is 22.4. The molecule has 1 N–H and O–H groups in total. The Labute approximate surface area is 178 Å². The largest absolute Gasteiger partial charge is 0.462 e. The van der Waals surface area contributed by atoms with Crippen molar-refractivity contribution < 1.29 is 22.7 Å². The van der Waals surface area contributed by atoms with Gasteiger partial charge in [-0.25, -0.2) is 17.9 Å². The number of nitrogens with one attached hydrogen (secondary N) is 1. The molecule has 0 saturated carbocycles. The van der Waals surface area contributed by atoms with Crippen LogP contribution in [0.4, 0.5) is 5.69 Å². The van der Waals surface area contributed by atoms with E-state index in [-0.39, 0.29) is 22.1 Å². The average Bonchev–Trinajstić information content (AvgIpc) is 2.76. The molecule has 0 unspecified atom stereocenters. The number of hydrogen-bond acceptors (Lipinski definition) is 7. The Hall–Kier alpha value is -3.79. The molecule has 10 heteroatoms. The summed E-state index contributed by atoms with van der Waals surface area (Å²) in [4.78, 5) is 36.3. The van der Waals surface area contributed by atoms with Crippen LogP contribution < -0.4 is 10.9 Å². The van der Waals surface area contributed by atoms with Crippen LogP contribution >= 0.6 is 0 Å². The number of anilines is 1. The van der Waals surface area contributed by atoms with Gasteiger partial charge >= 0.3 is 5.97 Å². The van der Waals surface area contributed by atoms with Crippen LogP contribution in [-0.4, -0.2) is 36.7 Å². The topological polar surface area (TPSA) is 124 Å². The summed E-state index contributed by atoms with van der Waals surface area (Å²) in [6.45, 7) is 1.38. The quantitative estimate of drug-likeness (QED) is 0.555. The maximum atomic E-state index is 12.7. The van der Waals surface area contributed by atoms with Crippen LogP contribution in [0.5, 0.6) is 0 Å². The molecule has 0 saturated heterocycles. The molecule has 0 aliphatic rings. The van der Waals surface area contributed by atoms with Crippen molar-refractivity contribution >= 4 is 27.4 Å². The first-order valence-corrected chi connectivity index (χ1v) is 10.7. The van der Waals surface area contributed by atoms with Crippen molar-refractivity contribution in [1.82, 2.24) is 9.78 Å². The molecule has 0 aliphatic carbocycles. The molecule has 1 aromatic heterocycles. The second-order valence-corrected chi connectivity index (χ2v) is 8.23. The molecule has 0 spiro atoms. The van der Waals surface area contributed by atoms with E-state index in [1.807, 2.05) is 0 Å². The van der Waals surface area contributed by atoms with Crippen LogP contribution in [0, 0.1) is 0 Å². The van der Waals surface area contributed by atoms with Crippen molar-refractivity contribution in [1.29, 1.82) is 0 Å². The molecule has 0 aliphatic heterocycles. The number of carbonyl (C=O) groups excluding carboxylic acids is 2. The summed E-state index contributed by atoms with van der Waals surface area (Å²) in [5.74, 6) is -1.15. The van der Waals surface area contributed by atoms with Crippen molar-refractivity contribution in [2.75, 3.05) is 11.9 Å². The van der Waals surface area contributed by atoms with Crippen LogP contribution in [0.2, 0.25) is 0 Å². The third-order valence-corrected chi connectivity index (χ3v) is 5.78. The van der Waals surface area contributed by atoms with Crippen LogP contribution in [0.1, 0.15) is 17.3 Å². The number of rotatable bonds is 7. The summed E-state index contributed by atoms with van der Waals surface area (Å²) in [7, 11) is -3.95. The molecule has 9 nitrogen and oxygen atoms in total. The molecule has 0 atom stereocenters. The highest BCUT2D eigenvalue weighted by Gasteiger charge is 2.20. The second-order valence-electron chi connectivity index (χ2n) is 6.33. The summed E-state index contributed by atoms with van der Waals surface area (Å²) in [6.07, 6.45) is 0. The van der Waals surface area contributed by atoms with E-state index in [0.717, 1.165) is 16.8 Å². The minimum absolute atomic E-state index is 0.0212. The summed E-state index contributed by atoms with van der Waals surface area (Å²) in [5, 5.41) is 6.05. The van der Waals surface area contributed by atoms with Gasteiger partial charge in [-0.2, -0.15) is 5.10 Å². The third kappa shape index (κ3) is 5.23. The van der Waals surface area contributed by atoms with Crippen molar-refractivity contribution in [3.05, 3.63) is 82.6 Å². The smallest absolute Gasteiger partial charge is 0.338 e. The molecule has 31 heavy (non-hydrogen) atoms. The van der Waals surface area contributed by atoms with E-state index in [2.05, 4.69) is 10.4 Å². The van der Waals surface area contributed by atoms with Gasteiger partial charge in [0.1, 0.15) is 6.54 Å². The molecule has 3 aromatic rings. The van der Waals surface area contributed by atoms with Crippen molar-refractivity contribution in [2.24, 2.45) is 0 Å². The highest BCUT2D eigenvalue weighted by molar-refractivity contribution is 7.91. The Morgan fingerprint density at radius 1 is 1.03 bits per heavy atom. The fraction of sp³-hybridized carbons (Fsp3) is 0.143. The lowest BCUT2D eigenvalue weighted by atomic mass is 10.2. The monoisotopic (exact) mass is 441 g/mol. The van der Waals surface area contributed by atoms with E-state index in [1.165, 1.54) is 24.3 Å². The number of sulfone groups is 1. The van der Waals surface area contributed by atoms with Gasteiger partial charge in [0.05, 0.1) is 17.1 Å². The summed E-state index contributed by atoms with van der Waals surface area (Å²) in [6, 6.07) is 15.9. The van der Waals surface area contributed by atoms with Gasteiger partial charge in [0.25, 0.3) is 5.56 Å². The van der Waals surface area contributed by atoms with Gasteiger partial charge in [0.15, 0.2) is 5.03 Å². The number of amides is 1. The van der Waals surface area contributed by atoms with E-state index in [0.29, 0.717) is 5.69 Å². The van der Waals surface area contributed by atoms with E-state index in [9.17, 15) is 22.8 Å². The zero-order valence-corrected chi connectivity index (χ0v) is 17.3. The number of hydrogen-bond donors (Lipinski definition) is 1. The van der Waals surface area contributed by atoms with Gasteiger partial charge in [-0.1, -0.05) is 24.3 Å². The Morgan fingerprint density at radius 3 is 2.48 bits per heavy atom. The molecule has 2 aromatic carbocycles. The van der Waals surface area contributed by atoms with Gasteiger partial charge < -0.3 is 10.1 Å². The lowest BCUT2D eigenvalue weighted by Crippen LogP contribution is -2.30. The molecular weight excluding hydrogens is 422 g/mol. The molecule has 1 heterocycles. The highest BCUT2D eigenvalue weighted by atomic mass is 32.2. The van der Waals surface area contributed by atoms with Crippen molar-refractivity contribution in [2.45, 2.75) is 23.4 Å². The van der Waals surface area contributed by atoms with Crippen LogP contribution in [0.3, 0.4) is 0 Å². The first kappa shape index (κ1) is 21.9. The minimum Gasteiger partial charge on any atom is -0.462 e. The third-order valence-electron chi connectivity index (χ3n) is 4.12. The first-order chi connectivity index (χ1) is 14.8. The lowest BCUT2D eigenvalue weighted by Gasteiger charge is -2.09. The molecule has 160 valence electrons. The first-order valence-electron chi connectivity index (χ1n) is 9.26. The molecule has 1 amide bonds. The number of ether oxygens (including phenoxy) is 1. The van der Waals surface area contributed by atoms with Crippen molar-refractivity contribution in [3.63, 3.8) is 0 Å². The second kappa shape index (κ2) is 9.35. The van der Waals surface area contributed by atoms with E-state index < -0.39 is 33.8 Å². The fourth-order valence-electron chi connectivity index (χ4n) is 2.68. The van der Waals surface area contributed by atoms with E-state index >= 15 is 0 Å². The van der Waals surface area contributed by atoms with Crippen molar-refractivity contribution in [3.8, 4) is 0 Å². The van der Waals surface area contributed by atoms with E-state index in [4.69, 9.17) is 4.74 Å². The fourth-order valence-corrected chi connectivity index (χ4v) is 3.89. The molecule has 3 rings (SSSR count). The van der Waals surface area contributed by atoms with Gasteiger partial charge in [-0.05, 0) is 43.3 Å². The number of aromatic nitrogens is 2.